The van der Waals surface area contributed by atoms with Crippen molar-refractivity contribution in [1.29, 1.82) is 0 Å². The third-order valence-corrected chi connectivity index (χ3v) is 14.0. The van der Waals surface area contributed by atoms with Crippen molar-refractivity contribution >= 4 is 0 Å². The maximum atomic E-state index is 5.14. The molecule has 1 spiro atoms. The molecule has 1 fully saturated rings. The molecule has 66 heavy (non-hydrogen) atoms. The number of aromatic nitrogens is 3. The van der Waals surface area contributed by atoms with Crippen LogP contribution in [0.15, 0.2) is 224 Å². The van der Waals surface area contributed by atoms with Crippen molar-refractivity contribution < 1.29 is 0 Å². The Bertz CT molecular complexity index is 3270. The van der Waals surface area contributed by atoms with Crippen LogP contribution in [0.5, 0.6) is 0 Å². The molecule has 9 aromatic carbocycles. The lowest BCUT2D eigenvalue weighted by molar-refractivity contribution is 0.353. The van der Waals surface area contributed by atoms with Crippen molar-refractivity contribution in [3.05, 3.63) is 236 Å². The third kappa shape index (κ3) is 7.33. The first-order valence-electron chi connectivity index (χ1n) is 23.3. The Labute approximate surface area is 387 Å². The molecule has 3 nitrogen and oxygen atoms in total. The van der Waals surface area contributed by atoms with Gasteiger partial charge < -0.3 is 0 Å². The van der Waals surface area contributed by atoms with E-state index < -0.39 is 0 Å². The summed E-state index contributed by atoms with van der Waals surface area (Å²) >= 11 is 0. The summed E-state index contributed by atoms with van der Waals surface area (Å²) in [6.45, 7) is 0. The van der Waals surface area contributed by atoms with E-state index in [1.165, 1.54) is 87.7 Å². The average molecular weight is 846 g/mol. The smallest absolute Gasteiger partial charge is 0.164 e. The van der Waals surface area contributed by atoms with Gasteiger partial charge in [-0.15, -0.1) is 0 Å². The Morgan fingerprint density at radius 2 is 0.591 bits per heavy atom. The number of benzene rings is 9. The molecule has 2 aliphatic carbocycles. The van der Waals surface area contributed by atoms with Gasteiger partial charge in [0.2, 0.25) is 0 Å². The molecule has 0 saturated heterocycles. The van der Waals surface area contributed by atoms with Crippen LogP contribution in [-0.4, -0.2) is 15.0 Å². The predicted octanol–water partition coefficient (Wildman–Crippen LogP) is 16.4. The Morgan fingerprint density at radius 3 is 1.11 bits per heavy atom. The van der Waals surface area contributed by atoms with E-state index in [0.717, 1.165) is 38.9 Å². The molecular formula is C63H47N3. The Morgan fingerprint density at radius 1 is 0.242 bits per heavy atom. The molecule has 10 aromatic rings. The van der Waals surface area contributed by atoms with Gasteiger partial charge in [0.15, 0.2) is 17.5 Å². The quantitative estimate of drug-likeness (QED) is 0.153. The number of hydrogen-bond acceptors (Lipinski definition) is 3. The zero-order valence-electron chi connectivity index (χ0n) is 36.7. The van der Waals surface area contributed by atoms with E-state index in [0.29, 0.717) is 17.5 Å². The van der Waals surface area contributed by atoms with Gasteiger partial charge in [-0.3, -0.25) is 0 Å². The van der Waals surface area contributed by atoms with Gasteiger partial charge >= 0.3 is 0 Å². The number of nitrogens with zero attached hydrogens (tertiary/aromatic N) is 3. The molecule has 0 aliphatic heterocycles. The van der Waals surface area contributed by atoms with Crippen LogP contribution in [0.3, 0.4) is 0 Å². The summed E-state index contributed by atoms with van der Waals surface area (Å²) in [5.74, 6) is 1.90. The van der Waals surface area contributed by atoms with Crippen molar-refractivity contribution in [3.63, 3.8) is 0 Å². The summed E-state index contributed by atoms with van der Waals surface area (Å²) in [6.07, 6.45) is 6.38. The molecule has 1 aromatic heterocycles. The van der Waals surface area contributed by atoms with Crippen LogP contribution in [0, 0.1) is 0 Å². The summed E-state index contributed by atoms with van der Waals surface area (Å²) in [5.41, 5.74) is 20.6. The lowest BCUT2D eigenvalue weighted by Gasteiger charge is -2.36. The molecule has 0 bridgehead atoms. The minimum Gasteiger partial charge on any atom is -0.208 e. The van der Waals surface area contributed by atoms with Crippen LogP contribution in [0.1, 0.15) is 43.2 Å². The van der Waals surface area contributed by atoms with E-state index in [-0.39, 0.29) is 5.41 Å². The van der Waals surface area contributed by atoms with Crippen LogP contribution < -0.4 is 0 Å². The van der Waals surface area contributed by atoms with Gasteiger partial charge in [0, 0.05) is 22.1 Å². The Kier molecular flexibility index (Phi) is 10.1. The van der Waals surface area contributed by atoms with Crippen LogP contribution >= 0.6 is 0 Å². The minimum absolute atomic E-state index is 0.132. The molecule has 1 heterocycles. The van der Waals surface area contributed by atoms with Crippen molar-refractivity contribution in [3.8, 4) is 101 Å². The highest BCUT2D eigenvalue weighted by atomic mass is 15.0. The maximum Gasteiger partial charge on any atom is 0.164 e. The summed E-state index contributed by atoms with van der Waals surface area (Å²) < 4.78 is 0. The third-order valence-electron chi connectivity index (χ3n) is 14.0. The van der Waals surface area contributed by atoms with E-state index in [1.54, 1.807) is 0 Å². The van der Waals surface area contributed by atoms with Crippen molar-refractivity contribution in [2.24, 2.45) is 0 Å². The second kappa shape index (κ2) is 16.8. The van der Waals surface area contributed by atoms with E-state index in [9.17, 15) is 0 Å². The first kappa shape index (κ1) is 39.6. The van der Waals surface area contributed by atoms with Crippen LogP contribution in [0.25, 0.3) is 101 Å². The molecule has 0 unspecified atom stereocenters. The van der Waals surface area contributed by atoms with Gasteiger partial charge in [0.25, 0.3) is 0 Å². The molecule has 314 valence electrons. The lowest BCUT2D eigenvalue weighted by Crippen LogP contribution is -2.28. The van der Waals surface area contributed by atoms with Crippen LogP contribution in [0.2, 0.25) is 0 Å². The molecule has 1 saturated carbocycles. The first-order chi connectivity index (χ1) is 32.6. The zero-order chi connectivity index (χ0) is 43.9. The fraction of sp³-hybridized carbons (Fsp3) is 0.0952. The Balaban J connectivity index is 0.880. The maximum absolute atomic E-state index is 5.14. The average Bonchev–Trinajstić information content (AvgIpc) is 3.66. The molecule has 0 amide bonds. The van der Waals surface area contributed by atoms with Crippen molar-refractivity contribution in [2.75, 3.05) is 0 Å². The molecule has 0 N–H and O–H groups in total. The summed E-state index contributed by atoms with van der Waals surface area (Å²) in [6, 6.07) is 80.8. The number of rotatable bonds is 8. The second-order valence-electron chi connectivity index (χ2n) is 17.9. The van der Waals surface area contributed by atoms with E-state index in [4.69, 9.17) is 15.0 Å². The van der Waals surface area contributed by atoms with Gasteiger partial charge in [0.1, 0.15) is 0 Å². The number of hydrogen-bond donors (Lipinski definition) is 0. The predicted molar refractivity (Wildman–Crippen MR) is 273 cm³/mol. The fourth-order valence-corrected chi connectivity index (χ4v) is 10.6. The highest BCUT2D eigenvalue weighted by Crippen LogP contribution is 2.56. The Hall–Kier alpha value is -8.01. The topological polar surface area (TPSA) is 38.7 Å². The number of fused-ring (bicyclic) bond motifs is 5. The highest BCUT2D eigenvalue weighted by Gasteiger charge is 2.43. The van der Waals surface area contributed by atoms with Crippen molar-refractivity contribution in [1.82, 2.24) is 15.0 Å². The van der Waals surface area contributed by atoms with E-state index in [2.05, 4.69) is 212 Å². The summed E-state index contributed by atoms with van der Waals surface area (Å²) in [4.78, 5) is 15.4. The molecule has 3 heteroatoms. The van der Waals surface area contributed by atoms with Gasteiger partial charge in [-0.05, 0) is 115 Å². The molecule has 0 radical (unpaired) electrons. The zero-order valence-corrected chi connectivity index (χ0v) is 36.7. The largest absolute Gasteiger partial charge is 0.208 e. The summed E-state index contributed by atoms with van der Waals surface area (Å²) in [5, 5.41) is 0. The fourth-order valence-electron chi connectivity index (χ4n) is 10.6. The second-order valence-corrected chi connectivity index (χ2v) is 17.9. The van der Waals surface area contributed by atoms with Gasteiger partial charge in [0.05, 0.1) is 0 Å². The van der Waals surface area contributed by atoms with Gasteiger partial charge in [-0.25, -0.2) is 15.0 Å². The van der Waals surface area contributed by atoms with E-state index in [1.807, 2.05) is 12.1 Å². The standard InChI is InChI=1S/C63H47N3/c1-4-15-43(16-5-1)45-27-31-47(32-28-45)60-64-61(48-33-29-46(30-34-48)44-17-6-2-7-18-44)66-62(65-60)55-24-14-23-53(41-55)51-21-12-19-49(39-51)50-20-13-22-52(40-50)54-35-36-57-56-25-8-9-26-58(56)63(59(57)42-54)37-10-3-11-38-63/h1-2,4-9,12-36,39-42H,3,10-11,37-38H2. The van der Waals surface area contributed by atoms with Crippen LogP contribution in [-0.2, 0) is 5.41 Å². The first-order valence-corrected chi connectivity index (χ1v) is 23.3. The monoisotopic (exact) mass is 845 g/mol. The minimum atomic E-state index is 0.132. The van der Waals surface area contributed by atoms with Gasteiger partial charge in [-0.1, -0.05) is 219 Å². The van der Waals surface area contributed by atoms with Gasteiger partial charge in [-0.2, -0.15) is 0 Å². The molecule has 12 rings (SSSR count). The highest BCUT2D eigenvalue weighted by molar-refractivity contribution is 5.85. The SMILES string of the molecule is c1ccc(-c2ccc(-c3nc(-c4ccc(-c5ccccc5)cc4)nc(-c4cccc(-c5cccc(-c6cccc(-c7ccc8c(c7)C7(CCCCC7)c7ccccc7-8)c6)c5)c4)n3)cc2)cc1. The lowest BCUT2D eigenvalue weighted by atomic mass is 9.67. The van der Waals surface area contributed by atoms with Crippen molar-refractivity contribution in [2.45, 2.75) is 37.5 Å². The molecule has 2 aliphatic rings. The summed E-state index contributed by atoms with van der Waals surface area (Å²) in [7, 11) is 0. The van der Waals surface area contributed by atoms with E-state index >= 15 is 0 Å². The molecular weight excluding hydrogens is 799 g/mol. The van der Waals surface area contributed by atoms with Crippen LogP contribution in [0.4, 0.5) is 0 Å². The normalized spacial score (nSPS) is 13.6. The molecule has 0 atom stereocenters.